The summed E-state index contributed by atoms with van der Waals surface area (Å²) in [4.78, 5) is 2.31. The van der Waals surface area contributed by atoms with Gasteiger partial charge in [-0.15, -0.1) is 0 Å². The molecule has 1 aromatic heterocycles. The van der Waals surface area contributed by atoms with Crippen molar-refractivity contribution in [2.24, 2.45) is 0 Å². The number of furan rings is 1. The Morgan fingerprint density at radius 2 is 2.15 bits per heavy atom. The van der Waals surface area contributed by atoms with Gasteiger partial charge in [0.15, 0.2) is 0 Å². The number of halogens is 1. The molecule has 2 aromatic rings. The molecule has 0 amide bonds. The number of benzene rings is 1. The van der Waals surface area contributed by atoms with E-state index in [2.05, 4.69) is 11.9 Å². The molecule has 108 valence electrons. The van der Waals surface area contributed by atoms with Crippen LogP contribution in [0.3, 0.4) is 0 Å². The van der Waals surface area contributed by atoms with E-state index in [0.717, 1.165) is 35.9 Å². The fourth-order valence-corrected chi connectivity index (χ4v) is 3.02. The molecule has 0 saturated heterocycles. The molecule has 0 bridgehead atoms. The van der Waals surface area contributed by atoms with Gasteiger partial charge in [0.25, 0.3) is 0 Å². The zero-order valence-electron chi connectivity index (χ0n) is 12.2. The lowest BCUT2D eigenvalue weighted by Crippen LogP contribution is -2.19. The lowest BCUT2D eigenvalue weighted by atomic mass is 10.0. The molecular weight excluding hydrogens is 274 g/mol. The molecule has 0 saturated carbocycles. The first-order valence-electron chi connectivity index (χ1n) is 7.08. The first kappa shape index (κ1) is 13.9. The first-order valence-corrected chi connectivity index (χ1v) is 7.46. The zero-order chi connectivity index (χ0) is 14.3. The third-order valence-corrected chi connectivity index (χ3v) is 4.16. The summed E-state index contributed by atoms with van der Waals surface area (Å²) in [6, 6.07) is 3.90. The number of nitrogens with zero attached hydrogens (tertiary/aromatic N) is 1. The Kier molecular flexibility index (Phi) is 3.76. The molecule has 0 spiro atoms. The van der Waals surface area contributed by atoms with Crippen molar-refractivity contribution in [3.8, 4) is 0 Å². The van der Waals surface area contributed by atoms with Crippen molar-refractivity contribution < 1.29 is 9.15 Å². The van der Waals surface area contributed by atoms with Gasteiger partial charge in [-0.3, -0.25) is 0 Å². The van der Waals surface area contributed by atoms with Crippen molar-refractivity contribution in [3.63, 3.8) is 0 Å². The Balaban J connectivity index is 2.12. The fourth-order valence-electron chi connectivity index (χ4n) is 2.77. The maximum absolute atomic E-state index is 6.37. The maximum Gasteiger partial charge on any atom is 0.135 e. The molecule has 1 aliphatic heterocycles. The number of likely N-dealkylation sites (N-methyl/N-ethyl adjacent to an activating group) is 1. The van der Waals surface area contributed by atoms with Gasteiger partial charge in [0.1, 0.15) is 18.0 Å². The van der Waals surface area contributed by atoms with Crippen LogP contribution in [-0.4, -0.2) is 24.6 Å². The van der Waals surface area contributed by atoms with Gasteiger partial charge in [0, 0.05) is 29.1 Å². The Labute approximate surface area is 124 Å². The quantitative estimate of drug-likeness (QED) is 0.855. The molecule has 0 aliphatic carbocycles. The summed E-state index contributed by atoms with van der Waals surface area (Å²) in [5, 5.41) is 2.04. The van der Waals surface area contributed by atoms with E-state index >= 15 is 0 Å². The Bertz CT molecular complexity index is 633. The van der Waals surface area contributed by atoms with E-state index in [1.807, 2.05) is 26.0 Å². The third-order valence-electron chi connectivity index (χ3n) is 3.81. The van der Waals surface area contributed by atoms with E-state index in [9.17, 15) is 0 Å². The normalized spacial score (nSPS) is 16.1. The molecule has 3 rings (SSSR count). The minimum absolute atomic E-state index is 0.196. The monoisotopic (exact) mass is 293 g/mol. The highest BCUT2D eigenvalue weighted by molar-refractivity contribution is 6.32. The smallest absolute Gasteiger partial charge is 0.135 e. The molecule has 0 atom stereocenters. The van der Waals surface area contributed by atoms with Crippen LogP contribution in [0.25, 0.3) is 11.0 Å². The van der Waals surface area contributed by atoms with Gasteiger partial charge >= 0.3 is 0 Å². The second-order valence-electron chi connectivity index (χ2n) is 5.75. The summed E-state index contributed by atoms with van der Waals surface area (Å²) in [6.45, 7) is 6.49. The summed E-state index contributed by atoms with van der Waals surface area (Å²) in [7, 11) is 2.13. The van der Waals surface area contributed by atoms with Gasteiger partial charge in [-0.05, 0) is 45.0 Å². The predicted octanol–water partition coefficient (Wildman–Crippen LogP) is 4.00. The molecule has 0 N–H and O–H groups in total. The predicted molar refractivity (Wildman–Crippen MR) is 81.2 cm³/mol. The van der Waals surface area contributed by atoms with Crippen LogP contribution in [0, 0.1) is 0 Å². The van der Waals surface area contributed by atoms with Gasteiger partial charge < -0.3 is 14.1 Å². The van der Waals surface area contributed by atoms with Gasteiger partial charge in [-0.2, -0.15) is 0 Å². The third kappa shape index (κ3) is 2.46. The van der Waals surface area contributed by atoms with Crippen LogP contribution in [0.5, 0.6) is 0 Å². The van der Waals surface area contributed by atoms with E-state index in [1.165, 1.54) is 16.5 Å². The summed E-state index contributed by atoms with van der Waals surface area (Å²) < 4.78 is 11.7. The number of rotatable bonds is 3. The molecule has 2 heterocycles. The van der Waals surface area contributed by atoms with Crippen molar-refractivity contribution in [1.82, 2.24) is 4.90 Å². The summed E-state index contributed by atoms with van der Waals surface area (Å²) in [5.41, 5.74) is 3.37. The topological polar surface area (TPSA) is 25.6 Å². The Morgan fingerprint density at radius 1 is 1.35 bits per heavy atom. The minimum Gasteiger partial charge on any atom is -0.458 e. The molecule has 4 heteroatoms. The number of hydrogen-bond acceptors (Lipinski definition) is 3. The van der Waals surface area contributed by atoms with Crippen molar-refractivity contribution in [3.05, 3.63) is 34.0 Å². The lowest BCUT2D eigenvalue weighted by molar-refractivity contribution is 0.0544. The number of ether oxygens (including phenoxy) is 1. The average molecular weight is 294 g/mol. The van der Waals surface area contributed by atoms with Crippen LogP contribution in [0.2, 0.25) is 5.02 Å². The van der Waals surface area contributed by atoms with E-state index < -0.39 is 0 Å². The van der Waals surface area contributed by atoms with E-state index in [1.54, 1.807) is 0 Å². The van der Waals surface area contributed by atoms with Crippen LogP contribution >= 0.6 is 11.6 Å². The van der Waals surface area contributed by atoms with E-state index in [0.29, 0.717) is 6.61 Å². The van der Waals surface area contributed by atoms with E-state index in [-0.39, 0.29) is 6.10 Å². The summed E-state index contributed by atoms with van der Waals surface area (Å²) in [5.74, 6) is 0.936. The van der Waals surface area contributed by atoms with Crippen molar-refractivity contribution in [1.29, 1.82) is 0 Å². The lowest BCUT2D eigenvalue weighted by Gasteiger charge is -2.14. The SMILES string of the molecule is CC(C)OCc1oc2ccc(Cl)c3c2c1CN(C)CC3. The van der Waals surface area contributed by atoms with Gasteiger partial charge in [0.05, 0.1) is 6.10 Å². The second-order valence-corrected chi connectivity index (χ2v) is 6.16. The molecule has 20 heavy (non-hydrogen) atoms. The highest BCUT2D eigenvalue weighted by Gasteiger charge is 2.23. The standard InChI is InChI=1S/C16H20ClNO2/c1-10(2)19-9-15-12-8-18(3)7-6-11-13(17)4-5-14(20-15)16(11)12/h4-5,10H,6-9H2,1-3H3. The zero-order valence-corrected chi connectivity index (χ0v) is 13.0. The highest BCUT2D eigenvalue weighted by atomic mass is 35.5. The van der Waals surface area contributed by atoms with Crippen LogP contribution in [0.15, 0.2) is 16.5 Å². The van der Waals surface area contributed by atoms with E-state index in [4.69, 9.17) is 20.8 Å². The number of hydrogen-bond donors (Lipinski definition) is 0. The van der Waals surface area contributed by atoms with Crippen LogP contribution in [-0.2, 0) is 24.3 Å². The molecule has 0 unspecified atom stereocenters. The highest BCUT2D eigenvalue weighted by Crippen LogP contribution is 2.36. The average Bonchev–Trinajstić information content (AvgIpc) is 2.62. The van der Waals surface area contributed by atoms with Crippen LogP contribution in [0.4, 0.5) is 0 Å². The fraction of sp³-hybridized carbons (Fsp3) is 0.500. The molecular formula is C16H20ClNO2. The van der Waals surface area contributed by atoms with Crippen molar-refractivity contribution in [2.45, 2.75) is 39.5 Å². The first-order chi connectivity index (χ1) is 9.56. The van der Waals surface area contributed by atoms with Gasteiger partial charge in [0.2, 0.25) is 0 Å². The Morgan fingerprint density at radius 3 is 2.90 bits per heavy atom. The van der Waals surface area contributed by atoms with Gasteiger partial charge in [-0.25, -0.2) is 0 Å². The molecule has 0 radical (unpaired) electrons. The molecule has 3 nitrogen and oxygen atoms in total. The molecule has 0 fully saturated rings. The largest absolute Gasteiger partial charge is 0.458 e. The summed E-state index contributed by atoms with van der Waals surface area (Å²) in [6.07, 6.45) is 1.16. The second kappa shape index (κ2) is 5.40. The van der Waals surface area contributed by atoms with Crippen LogP contribution < -0.4 is 0 Å². The van der Waals surface area contributed by atoms with Gasteiger partial charge in [-0.1, -0.05) is 11.6 Å². The maximum atomic E-state index is 6.37. The Hall–Kier alpha value is -1.03. The van der Waals surface area contributed by atoms with Crippen molar-refractivity contribution in [2.75, 3.05) is 13.6 Å². The summed E-state index contributed by atoms with van der Waals surface area (Å²) >= 11 is 6.37. The molecule has 1 aliphatic rings. The molecule has 1 aromatic carbocycles. The van der Waals surface area contributed by atoms with Crippen molar-refractivity contribution >= 4 is 22.6 Å². The van der Waals surface area contributed by atoms with Crippen LogP contribution in [0.1, 0.15) is 30.7 Å². The minimum atomic E-state index is 0.196.